The Hall–Kier alpha value is -1.37. The van der Waals surface area contributed by atoms with Gasteiger partial charge in [0.05, 0.1) is 16.4 Å². The highest BCUT2D eigenvalue weighted by Gasteiger charge is 2.23. The van der Waals surface area contributed by atoms with E-state index in [4.69, 9.17) is 9.47 Å². The lowest BCUT2D eigenvalue weighted by molar-refractivity contribution is 0.262. The Morgan fingerprint density at radius 3 is 2.52 bits per heavy atom. The molecule has 1 aliphatic heterocycles. The van der Waals surface area contributed by atoms with E-state index in [1.165, 1.54) is 0 Å². The summed E-state index contributed by atoms with van der Waals surface area (Å²) in [7, 11) is -3.53. The van der Waals surface area contributed by atoms with Gasteiger partial charge in [-0.1, -0.05) is 22.0 Å². The van der Waals surface area contributed by atoms with Crippen LogP contribution in [0.15, 0.2) is 62.8 Å². The Morgan fingerprint density at radius 1 is 1.14 bits per heavy atom. The molecule has 2 aromatic rings. The molecule has 110 valence electrons. The van der Waals surface area contributed by atoms with Gasteiger partial charge in [-0.05, 0) is 42.5 Å². The van der Waals surface area contributed by atoms with Crippen LogP contribution in [0.4, 0.5) is 0 Å². The molecule has 1 heterocycles. The summed E-state index contributed by atoms with van der Waals surface area (Å²) in [6.45, 7) is 1.15. The van der Waals surface area contributed by atoms with Gasteiger partial charge in [-0.15, -0.1) is 0 Å². The summed E-state index contributed by atoms with van der Waals surface area (Å²) in [6.07, 6.45) is 0.136. The maximum absolute atomic E-state index is 12.6. The number of epoxide rings is 1. The average Bonchev–Trinajstić information content (AvgIpc) is 3.30. The topological polar surface area (TPSA) is 55.9 Å². The van der Waals surface area contributed by atoms with E-state index in [0.29, 0.717) is 19.0 Å². The molecule has 0 amide bonds. The number of benzene rings is 2. The Balaban J connectivity index is 1.87. The minimum absolute atomic E-state index is 0.136. The van der Waals surface area contributed by atoms with Crippen molar-refractivity contribution in [1.29, 1.82) is 0 Å². The first-order valence-corrected chi connectivity index (χ1v) is 8.68. The molecule has 4 nitrogen and oxygen atoms in total. The zero-order valence-electron chi connectivity index (χ0n) is 11.0. The van der Waals surface area contributed by atoms with Gasteiger partial charge in [0.15, 0.2) is 0 Å². The Labute approximate surface area is 131 Å². The van der Waals surface area contributed by atoms with Gasteiger partial charge in [0.25, 0.3) is 0 Å². The number of rotatable bonds is 5. The summed E-state index contributed by atoms with van der Waals surface area (Å²) in [6, 6.07) is 13.1. The quantitative estimate of drug-likeness (QED) is 0.761. The summed E-state index contributed by atoms with van der Waals surface area (Å²) in [5.74, 6) is 0.531. The fraction of sp³-hybridized carbons (Fsp3) is 0.200. The van der Waals surface area contributed by atoms with Crippen molar-refractivity contribution in [3.05, 3.63) is 53.0 Å². The van der Waals surface area contributed by atoms with Crippen LogP contribution in [0, 0.1) is 0 Å². The highest BCUT2D eigenvalue weighted by Crippen LogP contribution is 2.25. The fourth-order valence-corrected chi connectivity index (χ4v) is 3.39. The van der Waals surface area contributed by atoms with Gasteiger partial charge in [0.1, 0.15) is 18.5 Å². The molecular weight excluding hydrogens is 356 g/mol. The lowest BCUT2D eigenvalue weighted by atomic mass is 10.3. The van der Waals surface area contributed by atoms with Crippen LogP contribution in [-0.2, 0) is 14.6 Å². The number of sulfone groups is 1. The molecule has 0 N–H and O–H groups in total. The van der Waals surface area contributed by atoms with Crippen molar-refractivity contribution in [3.63, 3.8) is 0 Å². The molecule has 0 bridgehead atoms. The summed E-state index contributed by atoms with van der Waals surface area (Å²) in [5, 5.41) is 0. The second-order valence-electron chi connectivity index (χ2n) is 4.70. The molecule has 21 heavy (non-hydrogen) atoms. The number of ether oxygens (including phenoxy) is 2. The van der Waals surface area contributed by atoms with Gasteiger partial charge in [-0.2, -0.15) is 0 Å². The summed E-state index contributed by atoms with van der Waals surface area (Å²) in [4.78, 5) is 0.479. The molecule has 0 radical (unpaired) electrons. The van der Waals surface area contributed by atoms with Gasteiger partial charge in [0, 0.05) is 4.47 Å². The number of hydrogen-bond donors (Lipinski definition) is 0. The average molecular weight is 369 g/mol. The smallest absolute Gasteiger partial charge is 0.206 e. The minimum atomic E-state index is -3.53. The predicted molar refractivity (Wildman–Crippen MR) is 81.3 cm³/mol. The van der Waals surface area contributed by atoms with Gasteiger partial charge in [-0.3, -0.25) is 0 Å². The molecule has 1 aliphatic rings. The molecular formula is C15H13BrO4S. The van der Waals surface area contributed by atoms with Gasteiger partial charge in [-0.25, -0.2) is 8.42 Å². The van der Waals surface area contributed by atoms with E-state index in [0.717, 1.165) is 4.47 Å². The van der Waals surface area contributed by atoms with Crippen LogP contribution in [0.5, 0.6) is 5.75 Å². The zero-order valence-corrected chi connectivity index (χ0v) is 13.4. The molecule has 0 aliphatic carbocycles. The van der Waals surface area contributed by atoms with Crippen molar-refractivity contribution < 1.29 is 17.9 Å². The van der Waals surface area contributed by atoms with E-state index >= 15 is 0 Å². The number of hydrogen-bond acceptors (Lipinski definition) is 4. The molecule has 1 saturated heterocycles. The molecule has 0 spiro atoms. The SMILES string of the molecule is O=S(=O)(c1ccc(Br)cc1)c1cccc(OCC2CO2)c1. The highest BCUT2D eigenvalue weighted by molar-refractivity contribution is 9.10. The normalized spacial score (nSPS) is 17.5. The monoisotopic (exact) mass is 368 g/mol. The molecule has 1 atom stereocenters. The third-order valence-corrected chi connectivity index (χ3v) is 5.37. The lowest BCUT2D eigenvalue weighted by Gasteiger charge is -2.08. The third-order valence-electron chi connectivity index (χ3n) is 3.08. The van der Waals surface area contributed by atoms with Crippen LogP contribution < -0.4 is 4.74 Å². The minimum Gasteiger partial charge on any atom is -0.491 e. The summed E-state index contributed by atoms with van der Waals surface area (Å²) >= 11 is 3.29. The molecule has 2 aromatic carbocycles. The number of halogens is 1. The van der Waals surface area contributed by atoms with Crippen molar-refractivity contribution in [2.45, 2.75) is 15.9 Å². The van der Waals surface area contributed by atoms with Crippen molar-refractivity contribution >= 4 is 25.8 Å². The Morgan fingerprint density at radius 2 is 1.86 bits per heavy atom. The first kappa shape index (κ1) is 14.6. The van der Waals surface area contributed by atoms with E-state index in [1.54, 1.807) is 48.5 Å². The van der Waals surface area contributed by atoms with E-state index < -0.39 is 9.84 Å². The fourth-order valence-electron chi connectivity index (χ4n) is 1.83. The van der Waals surface area contributed by atoms with Crippen LogP contribution in [-0.4, -0.2) is 27.7 Å². The first-order valence-electron chi connectivity index (χ1n) is 6.41. The van der Waals surface area contributed by atoms with E-state index in [2.05, 4.69) is 15.9 Å². The van der Waals surface area contributed by atoms with Crippen LogP contribution in [0.2, 0.25) is 0 Å². The maximum Gasteiger partial charge on any atom is 0.206 e. The summed E-state index contributed by atoms with van der Waals surface area (Å²) in [5.41, 5.74) is 0. The second-order valence-corrected chi connectivity index (χ2v) is 7.56. The van der Waals surface area contributed by atoms with Crippen LogP contribution in [0.3, 0.4) is 0 Å². The highest BCUT2D eigenvalue weighted by atomic mass is 79.9. The van der Waals surface area contributed by atoms with E-state index in [-0.39, 0.29) is 15.9 Å². The maximum atomic E-state index is 12.6. The molecule has 1 unspecified atom stereocenters. The predicted octanol–water partition coefficient (Wildman–Crippen LogP) is 3.06. The van der Waals surface area contributed by atoms with Crippen molar-refractivity contribution in [3.8, 4) is 5.75 Å². The van der Waals surface area contributed by atoms with Crippen LogP contribution in [0.1, 0.15) is 0 Å². The van der Waals surface area contributed by atoms with Crippen LogP contribution in [0.25, 0.3) is 0 Å². The third kappa shape index (κ3) is 3.45. The van der Waals surface area contributed by atoms with Crippen molar-refractivity contribution in [1.82, 2.24) is 0 Å². The molecule has 3 rings (SSSR count). The van der Waals surface area contributed by atoms with Gasteiger partial charge >= 0.3 is 0 Å². The van der Waals surface area contributed by atoms with E-state index in [1.807, 2.05) is 0 Å². The largest absolute Gasteiger partial charge is 0.491 e. The molecule has 0 aromatic heterocycles. The van der Waals surface area contributed by atoms with E-state index in [9.17, 15) is 8.42 Å². The summed E-state index contributed by atoms with van der Waals surface area (Å²) < 4.78 is 36.5. The second kappa shape index (κ2) is 5.79. The Bertz CT molecular complexity index is 737. The van der Waals surface area contributed by atoms with Gasteiger partial charge in [0.2, 0.25) is 9.84 Å². The molecule has 0 saturated carbocycles. The zero-order chi connectivity index (χ0) is 14.9. The molecule has 6 heteroatoms. The van der Waals surface area contributed by atoms with Crippen LogP contribution >= 0.6 is 15.9 Å². The van der Waals surface area contributed by atoms with Crippen molar-refractivity contribution in [2.75, 3.05) is 13.2 Å². The Kier molecular flexibility index (Phi) is 4.01. The standard InChI is InChI=1S/C15H13BrO4S/c16-11-4-6-14(7-5-11)21(17,18)15-3-1-2-12(8-15)19-9-13-10-20-13/h1-8,13H,9-10H2. The lowest BCUT2D eigenvalue weighted by Crippen LogP contribution is -2.06. The van der Waals surface area contributed by atoms with Gasteiger partial charge < -0.3 is 9.47 Å². The van der Waals surface area contributed by atoms with Crippen molar-refractivity contribution in [2.24, 2.45) is 0 Å². The molecule has 1 fully saturated rings. The first-order chi connectivity index (χ1) is 10.1.